The topological polar surface area (TPSA) is 91.6 Å². The smallest absolute Gasteiger partial charge is 0.337 e. The minimum absolute atomic E-state index is 0.0702. The number of benzene rings is 1. The van der Waals surface area contributed by atoms with Gasteiger partial charge in [-0.1, -0.05) is 31.5 Å². The monoisotopic (exact) mass is 577 g/mol. The van der Waals surface area contributed by atoms with Crippen LogP contribution in [0.25, 0.3) is 22.2 Å². The fourth-order valence-electron chi connectivity index (χ4n) is 5.60. The van der Waals surface area contributed by atoms with Crippen LogP contribution in [-0.2, 0) is 6.54 Å². The number of aromatic nitrogens is 3. The molecule has 10 heteroatoms. The number of anilines is 1. The summed E-state index contributed by atoms with van der Waals surface area (Å²) in [4.78, 5) is 38.4. The van der Waals surface area contributed by atoms with Crippen LogP contribution in [0.1, 0.15) is 51.5 Å². The fourth-order valence-corrected chi connectivity index (χ4v) is 5.72. The van der Waals surface area contributed by atoms with Crippen LogP contribution in [0.3, 0.4) is 0 Å². The number of carbonyl (C=O) groups is 2. The van der Waals surface area contributed by atoms with Crippen LogP contribution in [0.2, 0.25) is 5.02 Å². The predicted molar refractivity (Wildman–Crippen MR) is 158 cm³/mol. The maximum Gasteiger partial charge on any atom is 0.337 e. The van der Waals surface area contributed by atoms with E-state index in [-0.39, 0.29) is 16.5 Å². The van der Waals surface area contributed by atoms with Crippen molar-refractivity contribution in [2.45, 2.75) is 41.2 Å². The third kappa shape index (κ3) is 5.51. The number of halogens is 2. The van der Waals surface area contributed by atoms with Crippen molar-refractivity contribution in [2.75, 3.05) is 31.1 Å². The van der Waals surface area contributed by atoms with Crippen molar-refractivity contribution in [1.82, 2.24) is 19.4 Å². The van der Waals surface area contributed by atoms with Gasteiger partial charge in [0.05, 0.1) is 16.3 Å². The van der Waals surface area contributed by atoms with E-state index in [1.54, 1.807) is 36.9 Å². The molecule has 1 N–H and O–H groups in total. The van der Waals surface area contributed by atoms with E-state index < -0.39 is 11.8 Å². The molecule has 4 heterocycles. The molecule has 1 fully saturated rings. The normalized spacial score (nSPS) is 13.9. The molecule has 0 unspecified atom stereocenters. The van der Waals surface area contributed by atoms with E-state index in [2.05, 4.69) is 23.7 Å². The Hall–Kier alpha value is -3.98. The highest BCUT2D eigenvalue weighted by atomic mass is 35.5. The highest BCUT2D eigenvalue weighted by Gasteiger charge is 2.27. The molecule has 0 bridgehead atoms. The highest BCUT2D eigenvalue weighted by molar-refractivity contribution is 6.30. The third-order valence-electron chi connectivity index (χ3n) is 7.52. The lowest BCUT2D eigenvalue weighted by Crippen LogP contribution is -2.49. The molecular weight excluding hydrogens is 545 g/mol. The number of fused-ring (bicyclic) bond motifs is 1. The zero-order chi connectivity index (χ0) is 29.6. The van der Waals surface area contributed by atoms with Crippen molar-refractivity contribution in [3.05, 3.63) is 75.4 Å². The van der Waals surface area contributed by atoms with Gasteiger partial charge in [-0.25, -0.2) is 19.2 Å². The maximum atomic E-state index is 14.3. The largest absolute Gasteiger partial charge is 0.478 e. The van der Waals surface area contributed by atoms with E-state index in [0.717, 1.165) is 16.5 Å². The van der Waals surface area contributed by atoms with E-state index in [0.29, 0.717) is 72.6 Å². The molecule has 0 saturated carbocycles. The molecule has 3 aromatic heterocycles. The summed E-state index contributed by atoms with van der Waals surface area (Å²) in [6.45, 7) is 12.5. The van der Waals surface area contributed by atoms with Gasteiger partial charge in [0.15, 0.2) is 0 Å². The zero-order valence-corrected chi connectivity index (χ0v) is 24.6. The van der Waals surface area contributed by atoms with Crippen molar-refractivity contribution >= 4 is 40.3 Å². The minimum atomic E-state index is -0.985. The van der Waals surface area contributed by atoms with Gasteiger partial charge in [-0.15, -0.1) is 0 Å². The van der Waals surface area contributed by atoms with E-state index in [9.17, 15) is 19.1 Å². The van der Waals surface area contributed by atoms with E-state index in [1.807, 2.05) is 23.8 Å². The molecule has 5 rings (SSSR count). The number of hydrogen-bond acceptors (Lipinski definition) is 5. The second-order valence-electron chi connectivity index (χ2n) is 11.1. The minimum Gasteiger partial charge on any atom is -0.478 e. The number of rotatable bonds is 6. The van der Waals surface area contributed by atoms with Crippen LogP contribution in [0.5, 0.6) is 0 Å². The second kappa shape index (κ2) is 11.1. The molecule has 0 aliphatic carbocycles. The SMILES string of the molecule is Cc1cc(N2CCN(C(=O)c3cc(C)c4c(-c5ccc(Cl)c(F)c5)cn(CC(C)C)c4n3)CC2)nc(C)c1C(=O)O. The second-order valence-corrected chi connectivity index (χ2v) is 11.5. The molecule has 0 spiro atoms. The summed E-state index contributed by atoms with van der Waals surface area (Å²) in [6, 6.07) is 8.38. The number of nitrogens with zero attached hydrogens (tertiary/aromatic N) is 5. The number of carbonyl (C=O) groups excluding carboxylic acids is 1. The van der Waals surface area contributed by atoms with Crippen LogP contribution in [0.4, 0.5) is 10.2 Å². The van der Waals surface area contributed by atoms with Gasteiger partial charge in [-0.3, -0.25) is 4.79 Å². The average Bonchev–Trinajstić information content (AvgIpc) is 3.27. The number of aromatic carboxylic acids is 1. The Kier molecular flexibility index (Phi) is 7.74. The molecule has 214 valence electrons. The first-order chi connectivity index (χ1) is 19.4. The zero-order valence-electron chi connectivity index (χ0n) is 23.8. The molecule has 4 aromatic rings. The van der Waals surface area contributed by atoms with E-state index >= 15 is 0 Å². The summed E-state index contributed by atoms with van der Waals surface area (Å²) in [6.07, 6.45) is 1.98. The summed E-state index contributed by atoms with van der Waals surface area (Å²) in [7, 11) is 0. The summed E-state index contributed by atoms with van der Waals surface area (Å²) in [5.74, 6) is -0.566. The molecule has 1 aromatic carbocycles. The Morgan fingerprint density at radius 3 is 2.34 bits per heavy atom. The molecule has 8 nitrogen and oxygen atoms in total. The summed E-state index contributed by atoms with van der Waals surface area (Å²) < 4.78 is 16.4. The number of carboxylic acid groups (broad SMARTS) is 1. The van der Waals surface area contributed by atoms with Crippen molar-refractivity contribution in [3.63, 3.8) is 0 Å². The van der Waals surface area contributed by atoms with Crippen LogP contribution < -0.4 is 4.90 Å². The summed E-state index contributed by atoms with van der Waals surface area (Å²) >= 11 is 5.93. The Labute approximate surface area is 243 Å². The molecule has 1 amide bonds. The van der Waals surface area contributed by atoms with Gasteiger partial charge in [0.25, 0.3) is 5.91 Å². The van der Waals surface area contributed by atoms with Gasteiger partial charge in [0.2, 0.25) is 0 Å². The number of hydrogen-bond donors (Lipinski definition) is 1. The van der Waals surface area contributed by atoms with Gasteiger partial charge in [-0.05, 0) is 67.6 Å². The van der Waals surface area contributed by atoms with Crippen molar-refractivity contribution in [2.24, 2.45) is 5.92 Å². The number of pyridine rings is 2. The first-order valence-corrected chi connectivity index (χ1v) is 14.0. The molecule has 1 aliphatic heterocycles. The summed E-state index contributed by atoms with van der Waals surface area (Å²) in [5, 5.41) is 10.4. The molecule has 0 atom stereocenters. The van der Waals surface area contributed by atoms with E-state index in [4.69, 9.17) is 16.6 Å². The van der Waals surface area contributed by atoms with Crippen LogP contribution in [0.15, 0.2) is 36.5 Å². The first-order valence-electron chi connectivity index (χ1n) is 13.7. The van der Waals surface area contributed by atoms with Crippen molar-refractivity contribution < 1.29 is 19.1 Å². The average molecular weight is 578 g/mol. The molecule has 0 radical (unpaired) electrons. The standard InChI is InChI=1S/C31H33ClFN5O3/c1-17(2)15-38-16-22(21-6-7-23(32)24(33)14-21)28-18(3)12-25(35-29(28)38)30(39)37-10-8-36(9-11-37)26-13-19(4)27(31(40)41)20(5)34-26/h6-7,12-14,16-17H,8-11,15H2,1-5H3,(H,40,41). The van der Waals surface area contributed by atoms with Gasteiger partial charge in [-0.2, -0.15) is 0 Å². The Morgan fingerprint density at radius 2 is 1.73 bits per heavy atom. The molecular formula is C31H33ClFN5O3. The van der Waals surface area contributed by atoms with E-state index in [1.165, 1.54) is 6.07 Å². The van der Waals surface area contributed by atoms with Crippen LogP contribution >= 0.6 is 11.6 Å². The number of amides is 1. The molecule has 1 saturated heterocycles. The molecule has 41 heavy (non-hydrogen) atoms. The lowest BCUT2D eigenvalue weighted by Gasteiger charge is -2.35. The van der Waals surface area contributed by atoms with Gasteiger partial charge < -0.3 is 19.5 Å². The van der Waals surface area contributed by atoms with Gasteiger partial charge >= 0.3 is 5.97 Å². The number of piperazine rings is 1. The fraction of sp³-hybridized carbons (Fsp3) is 0.355. The number of carboxylic acids is 1. The highest BCUT2D eigenvalue weighted by Crippen LogP contribution is 2.35. The Morgan fingerprint density at radius 1 is 1.02 bits per heavy atom. The predicted octanol–water partition coefficient (Wildman–Crippen LogP) is 6.13. The Balaban J connectivity index is 1.42. The summed E-state index contributed by atoms with van der Waals surface area (Å²) in [5.41, 5.74) is 4.87. The van der Waals surface area contributed by atoms with Gasteiger partial charge in [0, 0.05) is 49.9 Å². The first kappa shape index (κ1) is 28.5. The number of aryl methyl sites for hydroxylation is 3. The molecule has 1 aliphatic rings. The quantitative estimate of drug-likeness (QED) is 0.296. The van der Waals surface area contributed by atoms with Crippen molar-refractivity contribution in [1.29, 1.82) is 0 Å². The van der Waals surface area contributed by atoms with Crippen LogP contribution in [0, 0.1) is 32.5 Å². The lowest BCUT2D eigenvalue weighted by molar-refractivity contribution is 0.0692. The van der Waals surface area contributed by atoms with Crippen molar-refractivity contribution in [3.8, 4) is 11.1 Å². The van der Waals surface area contributed by atoms with Crippen LogP contribution in [-0.4, -0.2) is 62.6 Å². The Bertz CT molecular complexity index is 1650. The lowest BCUT2D eigenvalue weighted by atomic mass is 10.0. The van der Waals surface area contributed by atoms with Gasteiger partial charge in [0.1, 0.15) is 23.0 Å². The third-order valence-corrected chi connectivity index (χ3v) is 7.83. The maximum absolute atomic E-state index is 14.3.